The van der Waals surface area contributed by atoms with E-state index in [-0.39, 0.29) is 12.0 Å². The van der Waals surface area contributed by atoms with Crippen molar-refractivity contribution in [2.75, 3.05) is 12.4 Å². The van der Waals surface area contributed by atoms with Gasteiger partial charge in [-0.05, 0) is 56.9 Å². The largest absolute Gasteiger partial charge is 0.491 e. The highest BCUT2D eigenvalue weighted by Gasteiger charge is 2.33. The fourth-order valence-corrected chi connectivity index (χ4v) is 2.24. The van der Waals surface area contributed by atoms with Gasteiger partial charge in [0, 0.05) is 12.8 Å². The first-order chi connectivity index (χ1) is 10.3. The van der Waals surface area contributed by atoms with Crippen molar-refractivity contribution in [3.05, 3.63) is 24.3 Å². The first kappa shape index (κ1) is 18.5. The van der Waals surface area contributed by atoms with E-state index < -0.39 is 5.60 Å². The number of benzene rings is 1. The van der Waals surface area contributed by atoms with E-state index in [0.717, 1.165) is 17.9 Å². The van der Waals surface area contributed by atoms with Crippen molar-refractivity contribution < 1.29 is 14.3 Å². The summed E-state index contributed by atoms with van der Waals surface area (Å²) in [6.07, 6.45) is 1.81. The Morgan fingerprint density at radius 2 is 1.82 bits per heavy atom. The lowest BCUT2D eigenvalue weighted by atomic mass is 9.93. The SMILES string of the molecule is CC[C@H](C)Oc1ccc(NC(=O)[C@@](C)(CC(C)C)OC)cc1. The van der Waals surface area contributed by atoms with Gasteiger partial charge in [-0.2, -0.15) is 0 Å². The molecular formula is C18H29NO3. The van der Waals surface area contributed by atoms with Crippen LogP contribution in [-0.2, 0) is 9.53 Å². The van der Waals surface area contributed by atoms with Gasteiger partial charge < -0.3 is 14.8 Å². The normalized spacial score (nSPS) is 15.2. The molecule has 1 rings (SSSR count). The Balaban J connectivity index is 2.71. The summed E-state index contributed by atoms with van der Waals surface area (Å²) in [5.41, 5.74) is -0.0754. The molecule has 124 valence electrons. The highest BCUT2D eigenvalue weighted by molar-refractivity contribution is 5.97. The molecule has 4 nitrogen and oxygen atoms in total. The van der Waals surface area contributed by atoms with Crippen LogP contribution in [0.15, 0.2) is 24.3 Å². The van der Waals surface area contributed by atoms with Crippen molar-refractivity contribution in [1.29, 1.82) is 0 Å². The predicted molar refractivity (Wildman–Crippen MR) is 90.3 cm³/mol. The van der Waals surface area contributed by atoms with Crippen molar-refractivity contribution in [1.82, 2.24) is 0 Å². The molecule has 22 heavy (non-hydrogen) atoms. The third-order valence-electron chi connectivity index (χ3n) is 3.75. The smallest absolute Gasteiger partial charge is 0.256 e. The summed E-state index contributed by atoms with van der Waals surface area (Å²) in [6, 6.07) is 7.44. The van der Waals surface area contributed by atoms with Gasteiger partial charge in [0.2, 0.25) is 0 Å². The molecule has 0 spiro atoms. The highest BCUT2D eigenvalue weighted by Crippen LogP contribution is 2.23. The van der Waals surface area contributed by atoms with Crippen LogP contribution in [0.1, 0.15) is 47.5 Å². The lowest BCUT2D eigenvalue weighted by Gasteiger charge is -2.28. The van der Waals surface area contributed by atoms with Crippen LogP contribution >= 0.6 is 0 Å². The van der Waals surface area contributed by atoms with Gasteiger partial charge in [0.05, 0.1) is 6.10 Å². The third kappa shape index (κ3) is 5.34. The number of amides is 1. The second-order valence-corrected chi connectivity index (χ2v) is 6.35. The zero-order valence-electron chi connectivity index (χ0n) is 14.6. The molecule has 1 aromatic carbocycles. The average Bonchev–Trinajstić information content (AvgIpc) is 2.48. The molecule has 0 saturated heterocycles. The Labute approximate surface area is 134 Å². The van der Waals surface area contributed by atoms with Crippen molar-refractivity contribution in [3.8, 4) is 5.75 Å². The quantitative estimate of drug-likeness (QED) is 0.781. The number of carbonyl (C=O) groups is 1. The lowest BCUT2D eigenvalue weighted by Crippen LogP contribution is -2.43. The second-order valence-electron chi connectivity index (χ2n) is 6.35. The molecule has 0 radical (unpaired) electrons. The summed E-state index contributed by atoms with van der Waals surface area (Å²) >= 11 is 0. The number of anilines is 1. The number of ether oxygens (including phenoxy) is 2. The number of hydrogen-bond donors (Lipinski definition) is 1. The standard InChI is InChI=1S/C18H29NO3/c1-7-14(4)22-16-10-8-15(9-11-16)19-17(20)18(5,21-6)12-13(2)3/h8-11,13-14H,7,12H2,1-6H3,(H,19,20)/t14-,18+/m0/s1. The molecule has 4 heteroatoms. The minimum Gasteiger partial charge on any atom is -0.491 e. The lowest BCUT2D eigenvalue weighted by molar-refractivity contribution is -0.137. The molecule has 0 unspecified atom stereocenters. The van der Waals surface area contributed by atoms with Crippen LogP contribution < -0.4 is 10.1 Å². The number of rotatable bonds is 8. The maximum Gasteiger partial charge on any atom is 0.256 e. The summed E-state index contributed by atoms with van der Waals surface area (Å²) in [5.74, 6) is 1.06. The van der Waals surface area contributed by atoms with E-state index in [1.165, 1.54) is 0 Å². The fraction of sp³-hybridized carbons (Fsp3) is 0.611. The molecule has 0 aliphatic carbocycles. The summed E-state index contributed by atoms with van der Waals surface area (Å²) in [6.45, 7) is 10.1. The first-order valence-electron chi connectivity index (χ1n) is 7.94. The number of nitrogens with one attached hydrogen (secondary N) is 1. The van der Waals surface area contributed by atoms with E-state index in [1.807, 2.05) is 38.1 Å². The Bertz CT molecular complexity index is 470. The van der Waals surface area contributed by atoms with Gasteiger partial charge in [0.15, 0.2) is 0 Å². The van der Waals surface area contributed by atoms with Crippen LogP contribution in [0.25, 0.3) is 0 Å². The van der Waals surface area contributed by atoms with Gasteiger partial charge in [-0.1, -0.05) is 20.8 Å². The fourth-order valence-electron chi connectivity index (χ4n) is 2.24. The Morgan fingerprint density at radius 3 is 2.27 bits per heavy atom. The van der Waals surface area contributed by atoms with E-state index in [4.69, 9.17) is 9.47 Å². The second kappa shape index (κ2) is 8.18. The molecular weight excluding hydrogens is 278 g/mol. The molecule has 2 atom stereocenters. The highest BCUT2D eigenvalue weighted by atomic mass is 16.5. The minimum absolute atomic E-state index is 0.126. The third-order valence-corrected chi connectivity index (χ3v) is 3.75. The molecule has 0 fully saturated rings. The van der Waals surface area contributed by atoms with Gasteiger partial charge in [0.25, 0.3) is 5.91 Å². The van der Waals surface area contributed by atoms with Crippen LogP contribution in [0.3, 0.4) is 0 Å². The number of hydrogen-bond acceptors (Lipinski definition) is 3. The Kier molecular flexibility index (Phi) is 6.88. The van der Waals surface area contributed by atoms with Crippen molar-refractivity contribution in [3.63, 3.8) is 0 Å². The van der Waals surface area contributed by atoms with Gasteiger partial charge >= 0.3 is 0 Å². The first-order valence-corrected chi connectivity index (χ1v) is 7.94. The molecule has 1 aromatic rings. The van der Waals surface area contributed by atoms with Crippen LogP contribution in [0, 0.1) is 5.92 Å². The van der Waals surface area contributed by atoms with E-state index in [1.54, 1.807) is 7.11 Å². The summed E-state index contributed by atoms with van der Waals surface area (Å²) < 4.78 is 11.2. The van der Waals surface area contributed by atoms with E-state index in [2.05, 4.69) is 26.1 Å². The maximum absolute atomic E-state index is 12.4. The molecule has 1 amide bonds. The zero-order chi connectivity index (χ0) is 16.8. The number of methoxy groups -OCH3 is 1. The number of carbonyl (C=O) groups excluding carboxylic acids is 1. The average molecular weight is 307 g/mol. The Hall–Kier alpha value is -1.55. The molecule has 0 aromatic heterocycles. The molecule has 0 bridgehead atoms. The minimum atomic E-state index is -0.819. The Morgan fingerprint density at radius 1 is 1.23 bits per heavy atom. The van der Waals surface area contributed by atoms with Gasteiger partial charge in [-0.25, -0.2) is 0 Å². The molecule has 0 saturated carbocycles. The van der Waals surface area contributed by atoms with Crippen molar-refractivity contribution >= 4 is 11.6 Å². The van der Waals surface area contributed by atoms with E-state index >= 15 is 0 Å². The van der Waals surface area contributed by atoms with Crippen LogP contribution in [0.5, 0.6) is 5.75 Å². The topological polar surface area (TPSA) is 47.6 Å². The summed E-state index contributed by atoms with van der Waals surface area (Å²) in [7, 11) is 1.57. The molecule has 1 N–H and O–H groups in total. The van der Waals surface area contributed by atoms with E-state index in [0.29, 0.717) is 12.3 Å². The molecule has 0 aliphatic rings. The summed E-state index contributed by atoms with van der Waals surface area (Å²) in [5, 5.41) is 2.91. The van der Waals surface area contributed by atoms with Crippen LogP contribution in [0.4, 0.5) is 5.69 Å². The van der Waals surface area contributed by atoms with Crippen LogP contribution in [-0.4, -0.2) is 24.7 Å². The van der Waals surface area contributed by atoms with E-state index in [9.17, 15) is 4.79 Å². The maximum atomic E-state index is 12.4. The van der Waals surface area contributed by atoms with Gasteiger partial charge in [-0.15, -0.1) is 0 Å². The monoisotopic (exact) mass is 307 g/mol. The summed E-state index contributed by atoms with van der Waals surface area (Å²) in [4.78, 5) is 12.4. The van der Waals surface area contributed by atoms with Crippen molar-refractivity contribution in [2.45, 2.75) is 59.2 Å². The zero-order valence-corrected chi connectivity index (χ0v) is 14.6. The van der Waals surface area contributed by atoms with Gasteiger partial charge in [-0.3, -0.25) is 4.79 Å². The van der Waals surface area contributed by atoms with Crippen molar-refractivity contribution in [2.24, 2.45) is 5.92 Å². The van der Waals surface area contributed by atoms with Gasteiger partial charge in [0.1, 0.15) is 11.4 Å². The molecule has 0 heterocycles. The predicted octanol–water partition coefficient (Wildman–Crippen LogP) is 4.25. The molecule has 0 aliphatic heterocycles. The van der Waals surface area contributed by atoms with Crippen LogP contribution in [0.2, 0.25) is 0 Å².